The van der Waals surface area contributed by atoms with Crippen molar-refractivity contribution >= 4 is 34.3 Å². The van der Waals surface area contributed by atoms with Crippen molar-refractivity contribution in [1.29, 1.82) is 0 Å². The molecule has 0 bridgehead atoms. The van der Waals surface area contributed by atoms with Gasteiger partial charge in [-0.1, -0.05) is 24.3 Å². The standard InChI is InChI=1S/C21H20N6O4/c1-2-27-20(30)16-9-4-3-8-15(16)17(25-27)19(29)24-23-18(28)13-6-5-7-14(12-13)26-11-10-22-21(26)31/h3-9,12H,2,10-11H2,1H3,(H,22,31)(H,23,28)(H,24,29). The SMILES string of the molecule is CCn1nc(C(=O)NNC(=O)c2cccc(N3CCNC3=O)c2)c2ccccc2c1=O. The van der Waals surface area contributed by atoms with Gasteiger partial charge in [0.25, 0.3) is 17.4 Å². The summed E-state index contributed by atoms with van der Waals surface area (Å²) in [4.78, 5) is 51.1. The highest BCUT2D eigenvalue weighted by atomic mass is 16.2. The van der Waals surface area contributed by atoms with E-state index in [4.69, 9.17) is 0 Å². The summed E-state index contributed by atoms with van der Waals surface area (Å²) in [5.41, 5.74) is 5.30. The van der Waals surface area contributed by atoms with Crippen LogP contribution in [0.2, 0.25) is 0 Å². The third kappa shape index (κ3) is 3.82. The van der Waals surface area contributed by atoms with Crippen LogP contribution in [0.4, 0.5) is 10.5 Å². The van der Waals surface area contributed by atoms with Gasteiger partial charge in [0.05, 0.1) is 5.39 Å². The third-order valence-corrected chi connectivity index (χ3v) is 4.95. The van der Waals surface area contributed by atoms with E-state index in [2.05, 4.69) is 21.3 Å². The molecule has 10 nitrogen and oxygen atoms in total. The van der Waals surface area contributed by atoms with Crippen LogP contribution < -0.4 is 26.6 Å². The predicted molar refractivity (Wildman–Crippen MR) is 114 cm³/mol. The number of hydrogen-bond acceptors (Lipinski definition) is 5. The van der Waals surface area contributed by atoms with E-state index >= 15 is 0 Å². The number of anilines is 1. The van der Waals surface area contributed by atoms with E-state index < -0.39 is 11.8 Å². The lowest BCUT2D eigenvalue weighted by Gasteiger charge is -2.15. The van der Waals surface area contributed by atoms with E-state index in [-0.39, 0.29) is 22.8 Å². The molecule has 3 aromatic rings. The molecule has 2 aromatic carbocycles. The fraction of sp³-hybridized carbons (Fsp3) is 0.190. The van der Waals surface area contributed by atoms with Gasteiger partial charge in [-0.3, -0.25) is 30.1 Å². The van der Waals surface area contributed by atoms with Crippen molar-refractivity contribution < 1.29 is 14.4 Å². The van der Waals surface area contributed by atoms with Crippen molar-refractivity contribution in [3.63, 3.8) is 0 Å². The Morgan fingerprint density at radius 2 is 1.77 bits per heavy atom. The Kier molecular flexibility index (Phi) is 5.35. The van der Waals surface area contributed by atoms with E-state index in [9.17, 15) is 19.2 Å². The molecule has 1 aliphatic heterocycles. The fourth-order valence-electron chi connectivity index (χ4n) is 3.40. The summed E-state index contributed by atoms with van der Waals surface area (Å²) in [6.45, 7) is 3.09. The molecule has 0 aliphatic carbocycles. The average Bonchev–Trinajstić information content (AvgIpc) is 3.23. The fourth-order valence-corrected chi connectivity index (χ4v) is 3.40. The summed E-state index contributed by atoms with van der Waals surface area (Å²) >= 11 is 0. The van der Waals surface area contributed by atoms with Gasteiger partial charge in [0.1, 0.15) is 0 Å². The second-order valence-electron chi connectivity index (χ2n) is 6.86. The lowest BCUT2D eigenvalue weighted by atomic mass is 10.1. The Morgan fingerprint density at radius 3 is 2.48 bits per heavy atom. The molecule has 1 saturated heterocycles. The number of carbonyl (C=O) groups excluding carboxylic acids is 3. The first-order valence-corrected chi connectivity index (χ1v) is 9.75. The zero-order chi connectivity index (χ0) is 22.0. The maximum Gasteiger partial charge on any atom is 0.321 e. The molecule has 0 radical (unpaired) electrons. The topological polar surface area (TPSA) is 125 Å². The number of nitrogens with zero attached hydrogens (tertiary/aromatic N) is 3. The highest BCUT2D eigenvalue weighted by Gasteiger charge is 2.22. The van der Waals surface area contributed by atoms with Crippen LogP contribution in [-0.2, 0) is 6.54 Å². The summed E-state index contributed by atoms with van der Waals surface area (Å²) in [5, 5.41) is 7.60. The summed E-state index contributed by atoms with van der Waals surface area (Å²) in [6.07, 6.45) is 0. The van der Waals surface area contributed by atoms with Gasteiger partial charge in [-0.2, -0.15) is 5.10 Å². The van der Waals surface area contributed by atoms with Crippen LogP contribution >= 0.6 is 0 Å². The number of nitrogens with one attached hydrogen (secondary N) is 3. The molecule has 10 heteroatoms. The van der Waals surface area contributed by atoms with Gasteiger partial charge in [0.2, 0.25) is 0 Å². The number of aromatic nitrogens is 2. The lowest BCUT2D eigenvalue weighted by Crippen LogP contribution is -2.42. The number of rotatable bonds is 4. The van der Waals surface area contributed by atoms with E-state index in [1.807, 2.05) is 0 Å². The maximum atomic E-state index is 12.7. The van der Waals surface area contributed by atoms with Gasteiger partial charge in [-0.05, 0) is 31.2 Å². The van der Waals surface area contributed by atoms with Gasteiger partial charge in [0, 0.05) is 36.3 Å². The number of hydrazine groups is 1. The van der Waals surface area contributed by atoms with Crippen LogP contribution in [0.5, 0.6) is 0 Å². The monoisotopic (exact) mass is 420 g/mol. The summed E-state index contributed by atoms with van der Waals surface area (Å²) in [5.74, 6) is -1.20. The molecule has 0 unspecified atom stereocenters. The first-order valence-electron chi connectivity index (χ1n) is 9.75. The zero-order valence-corrected chi connectivity index (χ0v) is 16.7. The molecule has 3 N–H and O–H groups in total. The summed E-state index contributed by atoms with van der Waals surface area (Å²) < 4.78 is 1.20. The van der Waals surface area contributed by atoms with Gasteiger partial charge in [-0.25, -0.2) is 9.48 Å². The van der Waals surface area contributed by atoms with Crippen molar-refractivity contribution in [3.8, 4) is 0 Å². The zero-order valence-electron chi connectivity index (χ0n) is 16.7. The molecular formula is C21H20N6O4. The molecule has 158 valence electrons. The number of benzene rings is 2. The van der Waals surface area contributed by atoms with Crippen molar-refractivity contribution in [3.05, 3.63) is 70.1 Å². The molecule has 4 rings (SSSR count). The van der Waals surface area contributed by atoms with Crippen LogP contribution in [0.3, 0.4) is 0 Å². The Labute approximate surface area is 176 Å². The number of amides is 4. The molecule has 31 heavy (non-hydrogen) atoms. The molecule has 1 aliphatic rings. The minimum absolute atomic E-state index is 0.0276. The van der Waals surface area contributed by atoms with Crippen LogP contribution in [0.1, 0.15) is 27.8 Å². The molecular weight excluding hydrogens is 400 g/mol. The van der Waals surface area contributed by atoms with Crippen molar-refractivity contribution in [2.24, 2.45) is 0 Å². The third-order valence-electron chi connectivity index (χ3n) is 4.95. The van der Waals surface area contributed by atoms with Crippen LogP contribution in [0.25, 0.3) is 10.8 Å². The van der Waals surface area contributed by atoms with Crippen molar-refractivity contribution in [1.82, 2.24) is 25.9 Å². The number of hydrogen-bond donors (Lipinski definition) is 3. The summed E-state index contributed by atoms with van der Waals surface area (Å²) in [7, 11) is 0. The van der Waals surface area contributed by atoms with Gasteiger partial charge in [-0.15, -0.1) is 0 Å². The quantitative estimate of drug-likeness (QED) is 0.544. The molecule has 0 spiro atoms. The molecule has 4 amide bonds. The number of aryl methyl sites for hydroxylation is 1. The minimum Gasteiger partial charge on any atom is -0.336 e. The number of urea groups is 1. The molecule has 0 saturated carbocycles. The first-order chi connectivity index (χ1) is 15.0. The van der Waals surface area contributed by atoms with Gasteiger partial charge >= 0.3 is 6.03 Å². The number of carbonyl (C=O) groups is 3. The molecule has 0 atom stereocenters. The predicted octanol–water partition coefficient (Wildman–Crippen LogP) is 1.02. The van der Waals surface area contributed by atoms with Crippen molar-refractivity contribution in [2.75, 3.05) is 18.0 Å². The van der Waals surface area contributed by atoms with E-state index in [0.717, 1.165) is 0 Å². The van der Waals surface area contributed by atoms with Crippen LogP contribution in [-0.4, -0.2) is 40.7 Å². The Bertz CT molecular complexity index is 1250. The molecule has 1 fully saturated rings. The Hall–Kier alpha value is -4.21. The van der Waals surface area contributed by atoms with Crippen LogP contribution in [0.15, 0.2) is 53.3 Å². The first kappa shape index (κ1) is 20.1. The molecule has 2 heterocycles. The maximum absolute atomic E-state index is 12.7. The van der Waals surface area contributed by atoms with Crippen LogP contribution in [0, 0.1) is 0 Å². The van der Waals surface area contributed by atoms with E-state index in [1.54, 1.807) is 55.5 Å². The highest BCUT2D eigenvalue weighted by molar-refractivity contribution is 6.06. The van der Waals surface area contributed by atoms with E-state index in [1.165, 1.54) is 9.58 Å². The highest BCUT2D eigenvalue weighted by Crippen LogP contribution is 2.18. The Morgan fingerprint density at radius 1 is 1.03 bits per heavy atom. The minimum atomic E-state index is -0.651. The smallest absolute Gasteiger partial charge is 0.321 e. The largest absolute Gasteiger partial charge is 0.336 e. The Balaban J connectivity index is 1.53. The normalized spacial score (nSPS) is 13.2. The average molecular weight is 420 g/mol. The van der Waals surface area contributed by atoms with Crippen molar-refractivity contribution in [2.45, 2.75) is 13.5 Å². The van der Waals surface area contributed by atoms with Gasteiger partial charge in [0.15, 0.2) is 5.69 Å². The van der Waals surface area contributed by atoms with Gasteiger partial charge < -0.3 is 5.32 Å². The second kappa shape index (κ2) is 8.27. The summed E-state index contributed by atoms with van der Waals surface area (Å²) in [6, 6.07) is 13.0. The number of fused-ring (bicyclic) bond motifs is 1. The lowest BCUT2D eigenvalue weighted by molar-refractivity contribution is 0.0843. The molecule has 1 aromatic heterocycles. The second-order valence-corrected chi connectivity index (χ2v) is 6.86. The van der Waals surface area contributed by atoms with E-state index in [0.29, 0.717) is 36.1 Å².